The average molecular weight is 250 g/mol. The van der Waals surface area contributed by atoms with Gasteiger partial charge in [-0.05, 0) is 67.6 Å². The van der Waals surface area contributed by atoms with Crippen molar-refractivity contribution >= 4 is 0 Å². The number of hydrogen-bond acceptors (Lipinski definition) is 1. The van der Waals surface area contributed by atoms with E-state index in [1.807, 2.05) is 0 Å². The van der Waals surface area contributed by atoms with E-state index in [1.165, 1.54) is 38.5 Å². The second kappa shape index (κ2) is 4.51. The van der Waals surface area contributed by atoms with E-state index in [4.69, 9.17) is 0 Å². The van der Waals surface area contributed by atoms with E-state index >= 15 is 0 Å². The highest BCUT2D eigenvalue weighted by atomic mass is 16.3. The highest BCUT2D eigenvalue weighted by Gasteiger charge is 2.54. The van der Waals surface area contributed by atoms with Crippen molar-refractivity contribution in [1.29, 1.82) is 0 Å². The molecule has 3 aliphatic carbocycles. The van der Waals surface area contributed by atoms with Gasteiger partial charge in [0.1, 0.15) is 0 Å². The Bertz CT molecular complexity index is 311. The molecule has 0 aliphatic heterocycles. The summed E-state index contributed by atoms with van der Waals surface area (Å²) in [6.07, 6.45) is 9.25. The van der Waals surface area contributed by atoms with Crippen LogP contribution in [0.15, 0.2) is 0 Å². The standard InChI is InChI=1S/C17H30O/c1-11(2)15-7-4-12(3)10-17(15,18)16-9-13-5-6-14(16)8-13/h11-16,18H,4-10H2,1-3H3. The lowest BCUT2D eigenvalue weighted by atomic mass is 9.59. The van der Waals surface area contributed by atoms with Crippen LogP contribution in [0.25, 0.3) is 0 Å². The van der Waals surface area contributed by atoms with Crippen molar-refractivity contribution in [2.24, 2.45) is 35.5 Å². The molecule has 0 radical (unpaired) electrons. The molecule has 18 heavy (non-hydrogen) atoms. The number of aliphatic hydroxyl groups is 1. The van der Waals surface area contributed by atoms with Crippen molar-refractivity contribution in [2.75, 3.05) is 0 Å². The summed E-state index contributed by atoms with van der Waals surface area (Å²) < 4.78 is 0. The lowest BCUT2D eigenvalue weighted by Gasteiger charge is -2.50. The predicted octanol–water partition coefficient (Wildman–Crippen LogP) is 4.25. The van der Waals surface area contributed by atoms with Crippen molar-refractivity contribution in [3.63, 3.8) is 0 Å². The van der Waals surface area contributed by atoms with Crippen molar-refractivity contribution in [3.05, 3.63) is 0 Å². The van der Waals surface area contributed by atoms with Crippen LogP contribution in [0.5, 0.6) is 0 Å². The van der Waals surface area contributed by atoms with Gasteiger partial charge in [-0.2, -0.15) is 0 Å². The van der Waals surface area contributed by atoms with E-state index in [9.17, 15) is 5.11 Å². The summed E-state index contributed by atoms with van der Waals surface area (Å²) in [4.78, 5) is 0. The van der Waals surface area contributed by atoms with Crippen LogP contribution in [-0.2, 0) is 0 Å². The molecule has 0 heterocycles. The van der Waals surface area contributed by atoms with Gasteiger partial charge in [0.25, 0.3) is 0 Å². The van der Waals surface area contributed by atoms with Crippen molar-refractivity contribution in [2.45, 2.75) is 71.3 Å². The summed E-state index contributed by atoms with van der Waals surface area (Å²) in [6, 6.07) is 0. The lowest BCUT2D eigenvalue weighted by Crippen LogP contribution is -2.52. The summed E-state index contributed by atoms with van der Waals surface area (Å²) in [7, 11) is 0. The van der Waals surface area contributed by atoms with Gasteiger partial charge in [0.15, 0.2) is 0 Å². The molecule has 104 valence electrons. The van der Waals surface area contributed by atoms with Gasteiger partial charge in [0.05, 0.1) is 5.60 Å². The molecule has 6 atom stereocenters. The second-order valence-electron chi connectivity index (χ2n) is 8.01. The fourth-order valence-corrected chi connectivity index (χ4v) is 5.72. The third-order valence-corrected chi connectivity index (χ3v) is 6.47. The zero-order valence-electron chi connectivity index (χ0n) is 12.4. The van der Waals surface area contributed by atoms with Gasteiger partial charge in [-0.15, -0.1) is 0 Å². The Labute approximate surface area is 112 Å². The van der Waals surface area contributed by atoms with Crippen molar-refractivity contribution in [3.8, 4) is 0 Å². The Morgan fingerprint density at radius 2 is 1.83 bits per heavy atom. The third kappa shape index (κ3) is 1.94. The van der Waals surface area contributed by atoms with Crippen molar-refractivity contribution < 1.29 is 5.11 Å². The highest BCUT2D eigenvalue weighted by Crippen LogP contribution is 2.57. The van der Waals surface area contributed by atoms with Gasteiger partial charge in [-0.3, -0.25) is 0 Å². The normalized spacial score (nSPS) is 52.2. The van der Waals surface area contributed by atoms with E-state index < -0.39 is 0 Å². The highest BCUT2D eigenvalue weighted by molar-refractivity contribution is 5.05. The van der Waals surface area contributed by atoms with Crippen LogP contribution < -0.4 is 0 Å². The van der Waals surface area contributed by atoms with E-state index in [-0.39, 0.29) is 5.60 Å². The van der Waals surface area contributed by atoms with E-state index in [0.717, 1.165) is 24.2 Å². The molecule has 1 heteroatoms. The molecule has 3 aliphatic rings. The summed E-state index contributed by atoms with van der Waals surface area (Å²) in [5, 5.41) is 11.5. The van der Waals surface area contributed by atoms with E-state index in [0.29, 0.717) is 17.8 Å². The molecule has 6 unspecified atom stereocenters. The van der Waals surface area contributed by atoms with Gasteiger partial charge in [-0.1, -0.05) is 33.6 Å². The Hall–Kier alpha value is -0.0400. The minimum atomic E-state index is -0.328. The van der Waals surface area contributed by atoms with Crippen LogP contribution in [0.2, 0.25) is 0 Å². The van der Waals surface area contributed by atoms with Crippen LogP contribution in [0.1, 0.15) is 65.7 Å². The number of hydrogen-bond donors (Lipinski definition) is 1. The average Bonchev–Trinajstić information content (AvgIpc) is 2.89. The number of fused-ring (bicyclic) bond motifs is 2. The molecule has 0 amide bonds. The smallest absolute Gasteiger partial charge is 0.0711 e. The Balaban J connectivity index is 1.84. The second-order valence-corrected chi connectivity index (χ2v) is 8.01. The molecule has 3 fully saturated rings. The molecule has 0 spiro atoms. The van der Waals surface area contributed by atoms with Gasteiger partial charge in [0.2, 0.25) is 0 Å². The van der Waals surface area contributed by atoms with Crippen LogP contribution in [0, 0.1) is 35.5 Å². The predicted molar refractivity (Wildman–Crippen MR) is 75.2 cm³/mol. The van der Waals surface area contributed by atoms with Crippen LogP contribution in [-0.4, -0.2) is 10.7 Å². The van der Waals surface area contributed by atoms with Crippen LogP contribution >= 0.6 is 0 Å². The van der Waals surface area contributed by atoms with Crippen LogP contribution in [0.4, 0.5) is 0 Å². The first-order valence-electron chi connectivity index (χ1n) is 8.23. The maximum atomic E-state index is 11.5. The SMILES string of the molecule is CC1CCC(C(C)C)C(O)(C2CC3CCC2C3)C1. The summed E-state index contributed by atoms with van der Waals surface area (Å²) >= 11 is 0. The summed E-state index contributed by atoms with van der Waals surface area (Å²) in [6.45, 7) is 6.98. The minimum absolute atomic E-state index is 0.328. The maximum absolute atomic E-state index is 11.5. The molecule has 0 aromatic rings. The van der Waals surface area contributed by atoms with Crippen LogP contribution in [0.3, 0.4) is 0 Å². The molecule has 3 rings (SSSR count). The summed E-state index contributed by atoms with van der Waals surface area (Å²) in [5.41, 5.74) is -0.328. The van der Waals surface area contributed by atoms with Gasteiger partial charge in [0, 0.05) is 0 Å². The van der Waals surface area contributed by atoms with E-state index in [1.54, 1.807) is 0 Å². The first-order valence-corrected chi connectivity index (χ1v) is 8.23. The third-order valence-electron chi connectivity index (χ3n) is 6.47. The molecule has 2 bridgehead atoms. The molecule has 0 aromatic carbocycles. The largest absolute Gasteiger partial charge is 0.389 e. The molecular weight excluding hydrogens is 220 g/mol. The Morgan fingerprint density at radius 1 is 1.06 bits per heavy atom. The fraction of sp³-hybridized carbons (Fsp3) is 1.00. The molecular formula is C17H30O. The zero-order valence-corrected chi connectivity index (χ0v) is 12.4. The molecule has 1 nitrogen and oxygen atoms in total. The maximum Gasteiger partial charge on any atom is 0.0711 e. The van der Waals surface area contributed by atoms with Crippen molar-refractivity contribution in [1.82, 2.24) is 0 Å². The zero-order chi connectivity index (χ0) is 12.9. The molecule has 3 saturated carbocycles. The van der Waals surface area contributed by atoms with Gasteiger partial charge in [-0.25, -0.2) is 0 Å². The molecule has 1 N–H and O–H groups in total. The summed E-state index contributed by atoms with van der Waals surface area (Å²) in [5.74, 6) is 4.36. The Kier molecular flexibility index (Phi) is 3.25. The minimum Gasteiger partial charge on any atom is -0.389 e. The van der Waals surface area contributed by atoms with E-state index in [2.05, 4.69) is 20.8 Å². The topological polar surface area (TPSA) is 20.2 Å². The first-order chi connectivity index (χ1) is 8.50. The monoisotopic (exact) mass is 250 g/mol. The molecule has 0 aromatic heterocycles. The van der Waals surface area contributed by atoms with Gasteiger partial charge >= 0.3 is 0 Å². The fourth-order valence-electron chi connectivity index (χ4n) is 5.72. The number of rotatable bonds is 2. The van der Waals surface area contributed by atoms with Gasteiger partial charge < -0.3 is 5.11 Å². The molecule has 0 saturated heterocycles. The Morgan fingerprint density at radius 3 is 2.39 bits per heavy atom. The lowest BCUT2D eigenvalue weighted by molar-refractivity contribution is -0.135. The quantitative estimate of drug-likeness (QED) is 0.777. The first kappa shape index (κ1) is 13.0.